The summed E-state index contributed by atoms with van der Waals surface area (Å²) in [6.07, 6.45) is 6.95. The topological polar surface area (TPSA) is 49.7 Å². The summed E-state index contributed by atoms with van der Waals surface area (Å²) in [5.74, 6) is 1.27. The molecule has 1 aromatic rings. The van der Waals surface area contributed by atoms with E-state index < -0.39 is 0 Å². The van der Waals surface area contributed by atoms with Crippen LogP contribution >= 0.6 is 0 Å². The van der Waals surface area contributed by atoms with E-state index in [-0.39, 0.29) is 12.0 Å². The Hall–Kier alpha value is -1.22. The minimum absolute atomic E-state index is 0.0647. The van der Waals surface area contributed by atoms with Crippen LogP contribution < -0.4 is 4.74 Å². The van der Waals surface area contributed by atoms with E-state index in [1.807, 2.05) is 26.8 Å². The van der Waals surface area contributed by atoms with Crippen molar-refractivity contribution in [3.63, 3.8) is 0 Å². The van der Waals surface area contributed by atoms with Gasteiger partial charge in [0, 0.05) is 6.61 Å². The standard InChI is InChI=1S/C20H34O3/c1-15-13-18(16(2)17(3)19(15)22)23-12-10-8-6-7-9-11-20(4,5)14-21/h13,21-22H,6-12,14H2,1-5H3. The molecule has 1 aromatic carbocycles. The van der Waals surface area contributed by atoms with E-state index in [1.54, 1.807) is 0 Å². The lowest BCUT2D eigenvalue weighted by atomic mass is 9.88. The summed E-state index contributed by atoms with van der Waals surface area (Å²) in [6, 6.07) is 1.93. The van der Waals surface area contributed by atoms with Gasteiger partial charge in [0.25, 0.3) is 0 Å². The van der Waals surface area contributed by atoms with Crippen molar-refractivity contribution >= 4 is 0 Å². The third kappa shape index (κ3) is 6.42. The van der Waals surface area contributed by atoms with Crippen LogP contribution in [0.1, 0.15) is 69.1 Å². The van der Waals surface area contributed by atoms with Crippen molar-refractivity contribution in [3.05, 3.63) is 22.8 Å². The zero-order valence-electron chi connectivity index (χ0n) is 15.5. The van der Waals surface area contributed by atoms with Crippen LogP contribution in [0.15, 0.2) is 6.07 Å². The monoisotopic (exact) mass is 322 g/mol. The zero-order chi connectivity index (χ0) is 17.5. The highest BCUT2D eigenvalue weighted by molar-refractivity contribution is 5.51. The summed E-state index contributed by atoms with van der Waals surface area (Å²) in [7, 11) is 0. The molecule has 0 fully saturated rings. The first-order valence-corrected chi connectivity index (χ1v) is 8.82. The van der Waals surface area contributed by atoms with Crippen LogP contribution in [0, 0.1) is 26.2 Å². The summed E-state index contributed by atoms with van der Waals surface area (Å²) < 4.78 is 5.89. The van der Waals surface area contributed by atoms with Gasteiger partial charge >= 0.3 is 0 Å². The van der Waals surface area contributed by atoms with Crippen LogP contribution in [0.25, 0.3) is 0 Å². The molecule has 0 atom stereocenters. The van der Waals surface area contributed by atoms with Crippen LogP contribution in [0.5, 0.6) is 11.5 Å². The minimum atomic E-state index is 0.0647. The molecule has 132 valence electrons. The van der Waals surface area contributed by atoms with Gasteiger partial charge in [0.15, 0.2) is 0 Å². The second-order valence-corrected chi connectivity index (χ2v) is 7.48. The Morgan fingerprint density at radius 3 is 2.22 bits per heavy atom. The van der Waals surface area contributed by atoms with Gasteiger partial charge in [-0.15, -0.1) is 0 Å². The molecule has 0 spiro atoms. The van der Waals surface area contributed by atoms with Gasteiger partial charge in [-0.1, -0.05) is 39.5 Å². The van der Waals surface area contributed by atoms with Crippen LogP contribution in [-0.2, 0) is 0 Å². The van der Waals surface area contributed by atoms with Gasteiger partial charge in [-0.2, -0.15) is 0 Å². The Labute approximate surface area is 141 Å². The number of benzene rings is 1. The van der Waals surface area contributed by atoms with E-state index in [0.29, 0.717) is 5.75 Å². The van der Waals surface area contributed by atoms with E-state index in [2.05, 4.69) is 13.8 Å². The highest BCUT2D eigenvalue weighted by Gasteiger charge is 2.15. The Kier molecular flexibility index (Phi) is 7.90. The molecular weight excluding hydrogens is 288 g/mol. The first kappa shape index (κ1) is 19.8. The fourth-order valence-electron chi connectivity index (χ4n) is 2.68. The smallest absolute Gasteiger partial charge is 0.122 e. The Balaban J connectivity index is 2.21. The lowest BCUT2D eigenvalue weighted by Crippen LogP contribution is -2.16. The summed E-state index contributed by atoms with van der Waals surface area (Å²) in [5.41, 5.74) is 2.87. The van der Waals surface area contributed by atoms with Gasteiger partial charge in [-0.25, -0.2) is 0 Å². The Morgan fingerprint density at radius 1 is 0.957 bits per heavy atom. The third-order valence-corrected chi connectivity index (χ3v) is 4.69. The van der Waals surface area contributed by atoms with Gasteiger partial charge in [0.2, 0.25) is 0 Å². The van der Waals surface area contributed by atoms with Gasteiger partial charge in [0.1, 0.15) is 11.5 Å². The maximum absolute atomic E-state index is 9.91. The highest BCUT2D eigenvalue weighted by atomic mass is 16.5. The molecule has 23 heavy (non-hydrogen) atoms. The molecule has 0 heterocycles. The Morgan fingerprint density at radius 2 is 1.57 bits per heavy atom. The fraction of sp³-hybridized carbons (Fsp3) is 0.700. The molecule has 0 aliphatic carbocycles. The normalized spacial score (nSPS) is 11.7. The van der Waals surface area contributed by atoms with Crippen molar-refractivity contribution in [2.24, 2.45) is 5.41 Å². The first-order valence-electron chi connectivity index (χ1n) is 8.82. The zero-order valence-corrected chi connectivity index (χ0v) is 15.5. The number of aliphatic hydroxyl groups is 1. The molecule has 0 aliphatic rings. The molecule has 0 radical (unpaired) electrons. The predicted octanol–water partition coefficient (Wildman–Crippen LogP) is 5.06. The molecule has 3 nitrogen and oxygen atoms in total. The summed E-state index contributed by atoms with van der Waals surface area (Å²) >= 11 is 0. The van der Waals surface area contributed by atoms with Gasteiger partial charge < -0.3 is 14.9 Å². The number of phenols is 1. The largest absolute Gasteiger partial charge is 0.507 e. The van der Waals surface area contributed by atoms with Crippen LogP contribution in [0.3, 0.4) is 0 Å². The van der Waals surface area contributed by atoms with Crippen molar-refractivity contribution < 1.29 is 14.9 Å². The number of aromatic hydroxyl groups is 1. The number of ether oxygens (including phenoxy) is 1. The molecule has 0 saturated heterocycles. The van der Waals surface area contributed by atoms with Gasteiger partial charge in [0.05, 0.1) is 6.61 Å². The van der Waals surface area contributed by atoms with E-state index in [4.69, 9.17) is 4.74 Å². The molecule has 1 rings (SSSR count). The number of aliphatic hydroxyl groups excluding tert-OH is 1. The SMILES string of the molecule is Cc1cc(OCCCCCCCC(C)(C)CO)c(C)c(C)c1O. The number of aryl methyl sites for hydroxylation is 1. The number of unbranched alkanes of at least 4 members (excludes halogenated alkanes) is 4. The molecule has 2 N–H and O–H groups in total. The number of hydrogen-bond donors (Lipinski definition) is 2. The molecule has 0 unspecified atom stereocenters. The third-order valence-electron chi connectivity index (χ3n) is 4.69. The Bertz CT molecular complexity index is 492. The van der Waals surface area contributed by atoms with E-state index >= 15 is 0 Å². The molecule has 0 bridgehead atoms. The maximum atomic E-state index is 9.91. The van der Waals surface area contributed by atoms with E-state index in [9.17, 15) is 10.2 Å². The van der Waals surface area contributed by atoms with Crippen molar-refractivity contribution in [3.8, 4) is 11.5 Å². The highest BCUT2D eigenvalue weighted by Crippen LogP contribution is 2.32. The lowest BCUT2D eigenvalue weighted by Gasteiger charge is -2.20. The van der Waals surface area contributed by atoms with Crippen LogP contribution in [0.2, 0.25) is 0 Å². The summed E-state index contributed by atoms with van der Waals surface area (Å²) in [5, 5.41) is 19.1. The van der Waals surface area contributed by atoms with Crippen molar-refractivity contribution in [1.29, 1.82) is 0 Å². The summed E-state index contributed by atoms with van der Waals surface area (Å²) in [4.78, 5) is 0. The van der Waals surface area contributed by atoms with Crippen LogP contribution in [-0.4, -0.2) is 23.4 Å². The van der Waals surface area contributed by atoms with Gasteiger partial charge in [-0.3, -0.25) is 0 Å². The second-order valence-electron chi connectivity index (χ2n) is 7.48. The van der Waals surface area contributed by atoms with Crippen molar-refractivity contribution in [2.45, 2.75) is 73.1 Å². The van der Waals surface area contributed by atoms with Crippen molar-refractivity contribution in [2.75, 3.05) is 13.2 Å². The molecular formula is C20H34O3. The summed E-state index contributed by atoms with van der Waals surface area (Å²) in [6.45, 7) is 11.1. The molecule has 0 aliphatic heterocycles. The van der Waals surface area contributed by atoms with E-state index in [0.717, 1.165) is 41.9 Å². The fourth-order valence-corrected chi connectivity index (χ4v) is 2.68. The minimum Gasteiger partial charge on any atom is -0.507 e. The molecule has 0 amide bonds. The second kappa shape index (κ2) is 9.17. The molecule has 0 aromatic heterocycles. The maximum Gasteiger partial charge on any atom is 0.122 e. The first-order chi connectivity index (χ1) is 10.8. The number of phenolic OH excluding ortho intramolecular Hbond substituents is 1. The van der Waals surface area contributed by atoms with Crippen molar-refractivity contribution in [1.82, 2.24) is 0 Å². The lowest BCUT2D eigenvalue weighted by molar-refractivity contribution is 0.147. The molecule has 0 saturated carbocycles. The number of rotatable bonds is 10. The average Bonchev–Trinajstić information content (AvgIpc) is 2.52. The number of hydrogen-bond acceptors (Lipinski definition) is 3. The van der Waals surface area contributed by atoms with Crippen LogP contribution in [0.4, 0.5) is 0 Å². The van der Waals surface area contributed by atoms with Gasteiger partial charge in [-0.05, 0) is 61.8 Å². The predicted molar refractivity (Wildman–Crippen MR) is 96.4 cm³/mol. The quantitative estimate of drug-likeness (QED) is 0.592. The molecule has 3 heteroatoms. The van der Waals surface area contributed by atoms with E-state index in [1.165, 1.54) is 25.7 Å². The average molecular weight is 322 g/mol.